The molecule has 0 saturated carbocycles. The minimum Gasteiger partial charge on any atom is -0.326 e. The van der Waals surface area contributed by atoms with E-state index in [1.165, 1.54) is 34.5 Å². The van der Waals surface area contributed by atoms with Crippen LogP contribution in [-0.4, -0.2) is 11.5 Å². The molecule has 1 aromatic carbocycles. The summed E-state index contributed by atoms with van der Waals surface area (Å²) in [6.45, 7) is 8.16. The fraction of sp³-hybridized carbons (Fsp3) is 0.471. The van der Waals surface area contributed by atoms with Crippen LogP contribution in [0.4, 0.5) is 10.8 Å². The number of rotatable bonds is 3. The number of thiazole rings is 1. The number of nitrogens with two attached hydrogens (primary N) is 1. The average molecular weight is 301 g/mol. The smallest absolute Gasteiger partial charge is 0.190 e. The number of aryl methyl sites for hydroxylation is 2. The maximum absolute atomic E-state index is 5.90. The Morgan fingerprint density at radius 2 is 2.19 bits per heavy atom. The topological polar surface area (TPSA) is 42.2 Å². The van der Waals surface area contributed by atoms with Crippen molar-refractivity contribution in [3.8, 4) is 0 Å². The Balaban J connectivity index is 2.03. The Bertz CT molecular complexity index is 645. The molecule has 2 N–H and O–H groups in total. The summed E-state index contributed by atoms with van der Waals surface area (Å²) in [4.78, 5) is 8.48. The highest BCUT2D eigenvalue weighted by molar-refractivity contribution is 7.15. The van der Waals surface area contributed by atoms with Gasteiger partial charge in [0.15, 0.2) is 5.13 Å². The van der Waals surface area contributed by atoms with Gasteiger partial charge in [0.25, 0.3) is 0 Å². The Kier molecular flexibility index (Phi) is 4.00. The van der Waals surface area contributed by atoms with Crippen LogP contribution < -0.4 is 10.6 Å². The molecule has 2 heterocycles. The molecule has 0 unspecified atom stereocenters. The zero-order valence-electron chi connectivity index (χ0n) is 13.0. The van der Waals surface area contributed by atoms with Crippen molar-refractivity contribution < 1.29 is 0 Å². The lowest BCUT2D eigenvalue weighted by atomic mass is 10.00. The largest absolute Gasteiger partial charge is 0.326 e. The number of anilines is 2. The third-order valence-corrected chi connectivity index (χ3v) is 5.15. The molecular formula is C17H23N3S. The molecule has 0 saturated heterocycles. The third-order valence-electron chi connectivity index (χ3n) is 4.03. The number of hydrogen-bond donors (Lipinski definition) is 1. The second-order valence-corrected chi connectivity index (χ2v) is 7.11. The molecule has 3 rings (SSSR count). The summed E-state index contributed by atoms with van der Waals surface area (Å²) < 4.78 is 0. The van der Waals surface area contributed by atoms with Crippen LogP contribution in [0, 0.1) is 6.92 Å². The number of benzene rings is 1. The van der Waals surface area contributed by atoms with Crippen molar-refractivity contribution in [3.63, 3.8) is 0 Å². The zero-order valence-corrected chi connectivity index (χ0v) is 13.8. The van der Waals surface area contributed by atoms with Crippen LogP contribution in [0.5, 0.6) is 0 Å². The highest BCUT2D eigenvalue weighted by Crippen LogP contribution is 2.38. The second kappa shape index (κ2) is 5.78. The summed E-state index contributed by atoms with van der Waals surface area (Å²) >= 11 is 1.75. The second-order valence-electron chi connectivity index (χ2n) is 6.05. The van der Waals surface area contributed by atoms with Crippen molar-refractivity contribution in [2.24, 2.45) is 5.73 Å². The van der Waals surface area contributed by atoms with E-state index in [0.29, 0.717) is 12.5 Å². The van der Waals surface area contributed by atoms with Gasteiger partial charge in [-0.2, -0.15) is 0 Å². The SMILES string of the molecule is Cc1ccc2c(c1)CCCN2c1nc(C(C)C)c(CN)s1. The normalized spacial score (nSPS) is 14.6. The van der Waals surface area contributed by atoms with Crippen LogP contribution in [0.2, 0.25) is 0 Å². The molecule has 0 amide bonds. The van der Waals surface area contributed by atoms with Crippen molar-refractivity contribution >= 4 is 22.2 Å². The van der Waals surface area contributed by atoms with E-state index in [9.17, 15) is 0 Å². The Labute approximate surface area is 130 Å². The Hall–Kier alpha value is -1.39. The molecule has 0 bridgehead atoms. The first-order valence-electron chi connectivity index (χ1n) is 7.67. The Morgan fingerprint density at radius 3 is 2.86 bits per heavy atom. The van der Waals surface area contributed by atoms with E-state index in [1.54, 1.807) is 11.3 Å². The maximum Gasteiger partial charge on any atom is 0.190 e. The van der Waals surface area contributed by atoms with Gasteiger partial charge >= 0.3 is 0 Å². The standard InChI is InChI=1S/C17H23N3S/c1-11(2)16-15(10-18)21-17(19-16)20-8-4-5-13-9-12(3)6-7-14(13)20/h6-7,9,11H,4-5,8,10,18H2,1-3H3. The lowest BCUT2D eigenvalue weighted by Crippen LogP contribution is -2.24. The van der Waals surface area contributed by atoms with Gasteiger partial charge in [-0.25, -0.2) is 4.98 Å². The van der Waals surface area contributed by atoms with Crippen LogP contribution in [0.15, 0.2) is 18.2 Å². The van der Waals surface area contributed by atoms with E-state index in [4.69, 9.17) is 10.7 Å². The maximum atomic E-state index is 5.90. The molecule has 0 radical (unpaired) electrons. The number of hydrogen-bond acceptors (Lipinski definition) is 4. The fourth-order valence-electron chi connectivity index (χ4n) is 2.99. The minimum atomic E-state index is 0.427. The van der Waals surface area contributed by atoms with E-state index >= 15 is 0 Å². The Morgan fingerprint density at radius 1 is 1.38 bits per heavy atom. The van der Waals surface area contributed by atoms with Crippen LogP contribution in [0.25, 0.3) is 0 Å². The molecule has 0 fully saturated rings. The van der Waals surface area contributed by atoms with Crippen molar-refractivity contribution in [1.82, 2.24) is 4.98 Å². The highest BCUT2D eigenvalue weighted by Gasteiger charge is 2.23. The van der Waals surface area contributed by atoms with Crippen molar-refractivity contribution in [1.29, 1.82) is 0 Å². The van der Waals surface area contributed by atoms with E-state index in [2.05, 4.69) is 43.9 Å². The molecule has 2 aromatic rings. The summed E-state index contributed by atoms with van der Waals surface area (Å²) in [6, 6.07) is 6.74. The summed E-state index contributed by atoms with van der Waals surface area (Å²) in [5, 5.41) is 1.10. The van der Waals surface area contributed by atoms with Crippen molar-refractivity contribution in [3.05, 3.63) is 39.9 Å². The quantitative estimate of drug-likeness (QED) is 0.927. The van der Waals surface area contributed by atoms with Crippen LogP contribution in [0.3, 0.4) is 0 Å². The lowest BCUT2D eigenvalue weighted by Gasteiger charge is -2.29. The monoisotopic (exact) mass is 301 g/mol. The van der Waals surface area contributed by atoms with Crippen molar-refractivity contribution in [2.75, 3.05) is 11.4 Å². The van der Waals surface area contributed by atoms with Gasteiger partial charge in [0.2, 0.25) is 0 Å². The summed E-state index contributed by atoms with van der Waals surface area (Å²) in [7, 11) is 0. The first-order chi connectivity index (χ1) is 10.1. The van der Waals surface area contributed by atoms with Crippen LogP contribution in [0.1, 0.15) is 47.9 Å². The minimum absolute atomic E-state index is 0.427. The molecule has 21 heavy (non-hydrogen) atoms. The molecule has 3 nitrogen and oxygen atoms in total. The van der Waals surface area contributed by atoms with Crippen LogP contribution in [-0.2, 0) is 13.0 Å². The van der Waals surface area contributed by atoms with Gasteiger partial charge in [0, 0.05) is 23.7 Å². The van der Waals surface area contributed by atoms with E-state index < -0.39 is 0 Å². The van der Waals surface area contributed by atoms with E-state index in [0.717, 1.165) is 17.4 Å². The first-order valence-corrected chi connectivity index (χ1v) is 8.48. The molecule has 0 spiro atoms. The molecule has 1 aromatic heterocycles. The van der Waals surface area contributed by atoms with Crippen LogP contribution >= 0.6 is 11.3 Å². The summed E-state index contributed by atoms with van der Waals surface area (Å²) in [5.74, 6) is 0.427. The van der Waals surface area contributed by atoms with Gasteiger partial charge in [-0.15, -0.1) is 0 Å². The average Bonchev–Trinajstić information content (AvgIpc) is 2.90. The van der Waals surface area contributed by atoms with Crippen molar-refractivity contribution in [2.45, 2.75) is 46.1 Å². The molecular weight excluding hydrogens is 278 g/mol. The molecule has 1 aliphatic heterocycles. The predicted molar refractivity (Wildman–Crippen MR) is 90.6 cm³/mol. The van der Waals surface area contributed by atoms with Gasteiger partial charge in [-0.3, -0.25) is 0 Å². The van der Waals surface area contributed by atoms with Gasteiger partial charge in [0.05, 0.1) is 5.69 Å². The summed E-state index contributed by atoms with van der Waals surface area (Å²) in [5.41, 5.74) is 11.2. The third kappa shape index (κ3) is 2.70. The van der Waals surface area contributed by atoms with Gasteiger partial charge < -0.3 is 10.6 Å². The molecule has 4 heteroatoms. The van der Waals surface area contributed by atoms with E-state index in [-0.39, 0.29) is 0 Å². The number of nitrogens with zero attached hydrogens (tertiary/aromatic N) is 2. The number of aromatic nitrogens is 1. The van der Waals surface area contributed by atoms with E-state index in [1.807, 2.05) is 0 Å². The lowest BCUT2D eigenvalue weighted by molar-refractivity contribution is 0.756. The molecule has 1 aliphatic rings. The van der Waals surface area contributed by atoms with Gasteiger partial charge in [0.1, 0.15) is 0 Å². The predicted octanol–water partition coefficient (Wildman–Crippen LogP) is 4.12. The molecule has 0 aliphatic carbocycles. The number of fused-ring (bicyclic) bond motifs is 1. The first kappa shape index (κ1) is 14.5. The summed E-state index contributed by atoms with van der Waals surface area (Å²) in [6.07, 6.45) is 2.35. The van der Waals surface area contributed by atoms with Gasteiger partial charge in [-0.05, 0) is 37.3 Å². The molecule has 0 atom stereocenters. The molecule has 112 valence electrons. The zero-order chi connectivity index (χ0) is 15.0. The highest BCUT2D eigenvalue weighted by atomic mass is 32.1. The fourth-order valence-corrected chi connectivity index (χ4v) is 4.12. The van der Waals surface area contributed by atoms with Gasteiger partial charge in [-0.1, -0.05) is 42.9 Å².